The second kappa shape index (κ2) is 8.16. The van der Waals surface area contributed by atoms with Crippen LogP contribution in [0.5, 0.6) is 0 Å². The number of alkyl halides is 3. The lowest BCUT2D eigenvalue weighted by molar-refractivity contribution is -0.105. The molecule has 0 aliphatic carbocycles. The van der Waals surface area contributed by atoms with Crippen molar-refractivity contribution in [3.63, 3.8) is 0 Å². The van der Waals surface area contributed by atoms with Crippen LogP contribution in [-0.4, -0.2) is 41.0 Å². The van der Waals surface area contributed by atoms with Gasteiger partial charge in [-0.2, -0.15) is 13.2 Å². The van der Waals surface area contributed by atoms with Crippen LogP contribution in [0.15, 0.2) is 46.3 Å². The highest BCUT2D eigenvalue weighted by Gasteiger charge is 2.31. The lowest BCUT2D eigenvalue weighted by atomic mass is 10.2. The van der Waals surface area contributed by atoms with E-state index in [1.807, 2.05) is 0 Å². The maximum absolute atomic E-state index is 14.3. The predicted molar refractivity (Wildman–Crippen MR) is 94.8 cm³/mol. The van der Waals surface area contributed by atoms with Gasteiger partial charge in [0.25, 0.3) is 0 Å². The average molecular weight is 404 g/mol. The number of hydrogen-bond acceptors (Lipinski definition) is 2. The molecule has 0 bridgehead atoms. The summed E-state index contributed by atoms with van der Waals surface area (Å²) in [6.07, 6.45) is -4.61. The molecule has 0 aromatic heterocycles. The first-order valence-corrected chi connectivity index (χ1v) is 9.07. The first kappa shape index (κ1) is 21.0. The Balaban J connectivity index is 2.52. The summed E-state index contributed by atoms with van der Waals surface area (Å²) >= 11 is 0. The van der Waals surface area contributed by atoms with E-state index < -0.39 is 34.4 Å². The fraction of sp³-hybridized carbons (Fsp3) is 0.278. The highest BCUT2D eigenvalue weighted by molar-refractivity contribution is 7.85. The third kappa shape index (κ3) is 5.59. The fourth-order valence-corrected chi connectivity index (χ4v) is 3.45. The summed E-state index contributed by atoms with van der Waals surface area (Å²) in [5.41, 5.74) is 0.376. The van der Waals surface area contributed by atoms with Crippen LogP contribution in [-0.2, 0) is 10.8 Å². The molecule has 0 spiro atoms. The molecule has 0 radical (unpaired) electrons. The van der Waals surface area contributed by atoms with E-state index in [0.29, 0.717) is 5.56 Å². The molecule has 146 valence electrons. The number of halogens is 5. The van der Waals surface area contributed by atoms with Crippen molar-refractivity contribution < 1.29 is 26.2 Å². The van der Waals surface area contributed by atoms with Gasteiger partial charge in [-0.05, 0) is 48.9 Å². The van der Waals surface area contributed by atoms with Gasteiger partial charge in [-0.3, -0.25) is 4.21 Å². The maximum atomic E-state index is 14.3. The summed E-state index contributed by atoms with van der Waals surface area (Å²) in [5, 5.41) is 0. The summed E-state index contributed by atoms with van der Waals surface area (Å²) in [7, 11) is 0.892. The Morgan fingerprint density at radius 3 is 2.22 bits per heavy atom. The highest BCUT2D eigenvalue weighted by atomic mass is 32.2. The zero-order valence-corrected chi connectivity index (χ0v) is 15.6. The molecular formula is C18H17F5N2OS. The van der Waals surface area contributed by atoms with Gasteiger partial charge in [-0.25, -0.2) is 13.8 Å². The first-order chi connectivity index (χ1) is 12.5. The quantitative estimate of drug-likeness (QED) is 0.424. The average Bonchev–Trinajstić information content (AvgIpc) is 2.53. The molecular weight excluding hydrogens is 387 g/mol. The molecule has 9 heteroatoms. The zero-order valence-electron chi connectivity index (χ0n) is 14.8. The van der Waals surface area contributed by atoms with E-state index in [2.05, 4.69) is 4.99 Å². The van der Waals surface area contributed by atoms with Gasteiger partial charge in [-0.15, -0.1) is 0 Å². The molecule has 0 amide bonds. The van der Waals surface area contributed by atoms with Crippen molar-refractivity contribution in [2.75, 3.05) is 19.8 Å². The Morgan fingerprint density at radius 1 is 1.11 bits per heavy atom. The zero-order chi connectivity index (χ0) is 20.4. The van der Waals surface area contributed by atoms with Crippen LogP contribution >= 0.6 is 0 Å². The summed E-state index contributed by atoms with van der Waals surface area (Å²) in [5.74, 6) is -2.48. The molecule has 0 saturated carbocycles. The van der Waals surface area contributed by atoms with Crippen LogP contribution in [0, 0.1) is 18.6 Å². The Labute approximate surface area is 156 Å². The number of amidine groups is 1. The minimum atomic E-state index is -4.61. The largest absolute Gasteiger partial charge is 0.400 e. The molecule has 27 heavy (non-hydrogen) atoms. The van der Waals surface area contributed by atoms with Crippen LogP contribution in [0.25, 0.3) is 0 Å². The Morgan fingerprint density at radius 2 is 1.70 bits per heavy atom. The third-order valence-corrected chi connectivity index (χ3v) is 5.06. The number of rotatable bonds is 4. The standard InChI is InChI=1S/C18H17F5N2OS/c1-11-8-14(20)15(9-16(11)27(26)10-18(21,22)23)24-17(25(2)3)12-4-6-13(19)7-5-12/h4-9H,10H2,1-3H3. The Bertz CT molecular complexity index is 877. The topological polar surface area (TPSA) is 32.7 Å². The second-order valence-corrected chi connectivity index (χ2v) is 7.43. The lowest BCUT2D eigenvalue weighted by Gasteiger charge is -2.17. The molecule has 3 nitrogen and oxygen atoms in total. The van der Waals surface area contributed by atoms with E-state index in [1.165, 1.54) is 31.2 Å². The second-order valence-electron chi connectivity index (χ2n) is 6.01. The van der Waals surface area contributed by atoms with Gasteiger partial charge in [-0.1, -0.05) is 0 Å². The lowest BCUT2D eigenvalue weighted by Crippen LogP contribution is -2.23. The Kier molecular flexibility index (Phi) is 6.35. The van der Waals surface area contributed by atoms with Crippen molar-refractivity contribution in [2.24, 2.45) is 4.99 Å². The van der Waals surface area contributed by atoms with E-state index >= 15 is 0 Å². The fourth-order valence-electron chi connectivity index (χ4n) is 2.34. The maximum Gasteiger partial charge on any atom is 0.400 e. The molecule has 0 aliphatic rings. The van der Waals surface area contributed by atoms with Gasteiger partial charge < -0.3 is 4.90 Å². The molecule has 2 aromatic carbocycles. The van der Waals surface area contributed by atoms with Gasteiger partial charge in [0.15, 0.2) is 0 Å². The van der Waals surface area contributed by atoms with Crippen LogP contribution in [0.4, 0.5) is 27.6 Å². The van der Waals surface area contributed by atoms with Crippen molar-refractivity contribution in [3.05, 3.63) is 59.2 Å². The van der Waals surface area contributed by atoms with Crippen LogP contribution in [0.2, 0.25) is 0 Å². The number of benzene rings is 2. The van der Waals surface area contributed by atoms with Crippen molar-refractivity contribution in [2.45, 2.75) is 18.0 Å². The molecule has 2 aromatic rings. The first-order valence-electron chi connectivity index (χ1n) is 7.75. The molecule has 2 rings (SSSR count). The highest BCUT2D eigenvalue weighted by Crippen LogP contribution is 2.28. The Hall–Kier alpha value is -2.29. The van der Waals surface area contributed by atoms with Crippen LogP contribution in [0.1, 0.15) is 11.1 Å². The van der Waals surface area contributed by atoms with Crippen molar-refractivity contribution >= 4 is 22.3 Å². The van der Waals surface area contributed by atoms with Gasteiger partial charge in [0, 0.05) is 24.6 Å². The number of hydrogen-bond donors (Lipinski definition) is 0. The third-order valence-electron chi connectivity index (χ3n) is 3.54. The number of aliphatic imine (C=N–C) groups is 1. The number of nitrogens with zero attached hydrogens (tertiary/aromatic N) is 2. The minimum absolute atomic E-state index is 0.135. The molecule has 0 heterocycles. The van der Waals surface area contributed by atoms with Crippen LogP contribution in [0.3, 0.4) is 0 Å². The molecule has 1 unspecified atom stereocenters. The predicted octanol–water partition coefficient (Wildman–Crippen LogP) is 4.58. The van der Waals surface area contributed by atoms with Gasteiger partial charge >= 0.3 is 6.18 Å². The molecule has 1 atom stereocenters. The van der Waals surface area contributed by atoms with E-state index in [4.69, 9.17) is 0 Å². The van der Waals surface area contributed by atoms with Crippen molar-refractivity contribution in [3.8, 4) is 0 Å². The summed E-state index contributed by atoms with van der Waals surface area (Å²) in [6, 6.07) is 7.37. The summed E-state index contributed by atoms with van der Waals surface area (Å²) in [4.78, 5) is 5.59. The van der Waals surface area contributed by atoms with Gasteiger partial charge in [0.05, 0.1) is 10.8 Å². The molecule has 0 saturated heterocycles. The molecule has 0 N–H and O–H groups in total. The monoisotopic (exact) mass is 404 g/mol. The minimum Gasteiger partial charge on any atom is -0.362 e. The van der Waals surface area contributed by atoms with Gasteiger partial charge in [0.1, 0.15) is 28.9 Å². The van der Waals surface area contributed by atoms with Crippen molar-refractivity contribution in [1.29, 1.82) is 0 Å². The molecule has 0 aliphatic heterocycles. The van der Waals surface area contributed by atoms with E-state index in [9.17, 15) is 26.2 Å². The van der Waals surface area contributed by atoms with Crippen LogP contribution < -0.4 is 0 Å². The van der Waals surface area contributed by atoms with E-state index in [-0.39, 0.29) is 22.0 Å². The smallest absolute Gasteiger partial charge is 0.362 e. The number of aryl methyl sites for hydroxylation is 1. The van der Waals surface area contributed by atoms with Gasteiger partial charge in [0.2, 0.25) is 0 Å². The van der Waals surface area contributed by atoms with E-state index in [0.717, 1.165) is 12.1 Å². The normalized spacial score (nSPS) is 13.6. The summed E-state index contributed by atoms with van der Waals surface area (Å²) < 4.78 is 77.1. The van der Waals surface area contributed by atoms with Crippen molar-refractivity contribution in [1.82, 2.24) is 4.90 Å². The molecule has 0 fully saturated rings. The summed E-state index contributed by atoms with van der Waals surface area (Å²) in [6.45, 7) is 1.38. The van der Waals surface area contributed by atoms with E-state index in [1.54, 1.807) is 19.0 Å². The SMILES string of the molecule is Cc1cc(F)c(N=C(c2ccc(F)cc2)N(C)C)cc1S(=O)CC(F)(F)F.